The van der Waals surface area contributed by atoms with E-state index < -0.39 is 5.97 Å². The summed E-state index contributed by atoms with van der Waals surface area (Å²) in [4.78, 5) is 11.5. The van der Waals surface area contributed by atoms with Crippen molar-refractivity contribution < 1.29 is 18.7 Å². The molecule has 0 N–H and O–H groups in total. The Kier molecular flexibility index (Phi) is 2.87. The Morgan fingerprint density at radius 2 is 2.12 bits per heavy atom. The van der Waals surface area contributed by atoms with Crippen molar-refractivity contribution in [3.8, 4) is 5.75 Å². The van der Waals surface area contributed by atoms with Crippen molar-refractivity contribution in [1.82, 2.24) is 0 Å². The molecule has 0 bridgehead atoms. The van der Waals surface area contributed by atoms with Gasteiger partial charge in [0.1, 0.15) is 11.8 Å². The third-order valence-corrected chi connectivity index (χ3v) is 2.69. The van der Waals surface area contributed by atoms with Crippen molar-refractivity contribution in [1.29, 1.82) is 0 Å². The van der Waals surface area contributed by atoms with Gasteiger partial charge in [0.15, 0.2) is 11.3 Å². The van der Waals surface area contributed by atoms with Gasteiger partial charge in [0.05, 0.1) is 14.2 Å². The zero-order valence-corrected chi connectivity index (χ0v) is 10.3. The number of carbonyl (C=O) groups is 1. The average Bonchev–Trinajstić information content (AvgIpc) is 2.70. The fourth-order valence-electron chi connectivity index (χ4n) is 1.49. The molecule has 16 heavy (non-hydrogen) atoms. The van der Waals surface area contributed by atoms with Crippen molar-refractivity contribution in [2.24, 2.45) is 0 Å². The Morgan fingerprint density at radius 1 is 1.38 bits per heavy atom. The lowest BCUT2D eigenvalue weighted by molar-refractivity contribution is 0.0602. The zero-order chi connectivity index (χ0) is 11.7. The highest BCUT2D eigenvalue weighted by molar-refractivity contribution is 9.10. The largest absolute Gasteiger partial charge is 0.493 e. The van der Waals surface area contributed by atoms with Gasteiger partial charge in [-0.2, -0.15) is 0 Å². The van der Waals surface area contributed by atoms with Crippen molar-refractivity contribution in [3.05, 3.63) is 28.4 Å². The smallest absolute Gasteiger partial charge is 0.341 e. The summed E-state index contributed by atoms with van der Waals surface area (Å²) in [5.74, 6) is 0.137. The lowest BCUT2D eigenvalue weighted by Gasteiger charge is -2.01. The molecule has 0 atom stereocenters. The number of methoxy groups -OCH3 is 2. The Bertz CT molecular complexity index is 544. The van der Waals surface area contributed by atoms with Crippen LogP contribution in [0, 0.1) is 0 Å². The maximum Gasteiger partial charge on any atom is 0.341 e. The topological polar surface area (TPSA) is 48.7 Å². The first-order chi connectivity index (χ1) is 7.67. The van der Waals surface area contributed by atoms with Gasteiger partial charge in [-0.05, 0) is 12.1 Å². The van der Waals surface area contributed by atoms with Gasteiger partial charge in [0, 0.05) is 9.86 Å². The van der Waals surface area contributed by atoms with Crippen LogP contribution < -0.4 is 4.74 Å². The molecular formula is C11H9BrO4. The number of halogens is 1. The van der Waals surface area contributed by atoms with Gasteiger partial charge in [-0.15, -0.1) is 0 Å². The minimum absolute atomic E-state index is 0.386. The molecule has 84 valence electrons. The summed E-state index contributed by atoms with van der Waals surface area (Å²) in [6.45, 7) is 0. The molecule has 0 fully saturated rings. The van der Waals surface area contributed by atoms with Crippen molar-refractivity contribution in [3.63, 3.8) is 0 Å². The Balaban J connectivity index is 2.72. The number of hydrogen-bond acceptors (Lipinski definition) is 4. The lowest BCUT2D eigenvalue weighted by atomic mass is 10.1. The first kappa shape index (κ1) is 11.0. The van der Waals surface area contributed by atoms with Crippen LogP contribution >= 0.6 is 15.9 Å². The molecule has 0 aliphatic carbocycles. The van der Waals surface area contributed by atoms with Crippen molar-refractivity contribution >= 4 is 32.9 Å². The molecule has 0 aliphatic rings. The summed E-state index contributed by atoms with van der Waals surface area (Å²) in [7, 11) is 2.87. The van der Waals surface area contributed by atoms with E-state index in [1.54, 1.807) is 19.2 Å². The SMILES string of the molecule is COC(=O)c1coc2c(OC)cc(Br)cc12. The van der Waals surface area contributed by atoms with E-state index in [1.807, 2.05) is 0 Å². The molecule has 1 heterocycles. The summed E-state index contributed by atoms with van der Waals surface area (Å²) < 4.78 is 15.9. The molecule has 0 amide bonds. The average molecular weight is 285 g/mol. The first-order valence-electron chi connectivity index (χ1n) is 4.50. The number of furan rings is 1. The number of rotatable bonds is 2. The van der Waals surface area contributed by atoms with Crippen LogP contribution in [0.1, 0.15) is 10.4 Å². The van der Waals surface area contributed by atoms with Crippen molar-refractivity contribution in [2.45, 2.75) is 0 Å². The van der Waals surface area contributed by atoms with E-state index in [-0.39, 0.29) is 0 Å². The van der Waals surface area contributed by atoms with Crippen LogP contribution in [0.3, 0.4) is 0 Å². The van der Waals surface area contributed by atoms with Gasteiger partial charge in [-0.3, -0.25) is 0 Å². The third-order valence-electron chi connectivity index (χ3n) is 2.23. The number of hydrogen-bond donors (Lipinski definition) is 0. The molecular weight excluding hydrogens is 276 g/mol. The summed E-state index contributed by atoms with van der Waals surface area (Å²) in [5, 5.41) is 0.665. The summed E-state index contributed by atoms with van der Waals surface area (Å²) in [6.07, 6.45) is 1.37. The van der Waals surface area contributed by atoms with E-state index in [0.29, 0.717) is 22.3 Å². The van der Waals surface area contributed by atoms with Crippen molar-refractivity contribution in [2.75, 3.05) is 14.2 Å². The fourth-order valence-corrected chi connectivity index (χ4v) is 1.93. The van der Waals surface area contributed by atoms with Crippen LogP contribution in [-0.2, 0) is 4.74 Å². The van der Waals surface area contributed by atoms with Crippen LogP contribution in [0.5, 0.6) is 5.75 Å². The highest BCUT2D eigenvalue weighted by Gasteiger charge is 2.17. The summed E-state index contributed by atoms with van der Waals surface area (Å²) in [5.41, 5.74) is 0.920. The highest BCUT2D eigenvalue weighted by Crippen LogP contribution is 2.33. The number of benzene rings is 1. The van der Waals surface area contributed by atoms with Crippen LogP contribution in [0.15, 0.2) is 27.3 Å². The number of esters is 1. The summed E-state index contributed by atoms with van der Waals surface area (Å²) in [6, 6.07) is 3.56. The maximum atomic E-state index is 11.5. The predicted octanol–water partition coefficient (Wildman–Crippen LogP) is 2.99. The van der Waals surface area contributed by atoms with E-state index in [9.17, 15) is 4.79 Å². The predicted molar refractivity (Wildman–Crippen MR) is 61.8 cm³/mol. The van der Waals surface area contributed by atoms with Gasteiger partial charge in [-0.1, -0.05) is 15.9 Å². The van der Waals surface area contributed by atoms with E-state index >= 15 is 0 Å². The molecule has 0 spiro atoms. The van der Waals surface area contributed by atoms with Gasteiger partial charge in [-0.25, -0.2) is 4.79 Å². The second-order valence-corrected chi connectivity index (χ2v) is 4.04. The van der Waals surface area contributed by atoms with Crippen LogP contribution in [-0.4, -0.2) is 20.2 Å². The molecule has 1 aromatic carbocycles. The first-order valence-corrected chi connectivity index (χ1v) is 5.29. The third kappa shape index (κ3) is 1.67. The Hall–Kier alpha value is -1.49. The van der Waals surface area contributed by atoms with Gasteiger partial charge in [0.25, 0.3) is 0 Å². The Labute approximate surface area is 100 Å². The maximum absolute atomic E-state index is 11.5. The normalized spacial score (nSPS) is 10.4. The molecule has 2 rings (SSSR count). The van der Waals surface area contributed by atoms with E-state index in [4.69, 9.17) is 9.15 Å². The number of ether oxygens (including phenoxy) is 2. The minimum Gasteiger partial charge on any atom is -0.493 e. The molecule has 0 radical (unpaired) electrons. The summed E-state index contributed by atoms with van der Waals surface area (Å²) >= 11 is 3.34. The minimum atomic E-state index is -0.432. The number of carbonyl (C=O) groups excluding carboxylic acids is 1. The van der Waals surface area contributed by atoms with Gasteiger partial charge >= 0.3 is 5.97 Å². The quantitative estimate of drug-likeness (QED) is 0.796. The molecule has 0 saturated carbocycles. The fraction of sp³-hybridized carbons (Fsp3) is 0.182. The standard InChI is InChI=1S/C11H9BrO4/c1-14-9-4-6(12)3-7-8(11(13)15-2)5-16-10(7)9/h3-5H,1-2H3. The van der Waals surface area contributed by atoms with E-state index in [1.165, 1.54) is 13.4 Å². The van der Waals surface area contributed by atoms with E-state index in [2.05, 4.69) is 20.7 Å². The second kappa shape index (κ2) is 4.17. The van der Waals surface area contributed by atoms with Crippen LogP contribution in [0.25, 0.3) is 11.0 Å². The van der Waals surface area contributed by atoms with Gasteiger partial charge < -0.3 is 13.9 Å². The molecule has 0 aliphatic heterocycles. The van der Waals surface area contributed by atoms with Crippen LogP contribution in [0.4, 0.5) is 0 Å². The van der Waals surface area contributed by atoms with E-state index in [0.717, 1.165) is 4.47 Å². The second-order valence-electron chi connectivity index (χ2n) is 3.13. The molecule has 2 aromatic rings. The number of fused-ring (bicyclic) bond motifs is 1. The molecule has 4 nitrogen and oxygen atoms in total. The molecule has 1 aromatic heterocycles. The highest BCUT2D eigenvalue weighted by atomic mass is 79.9. The molecule has 0 unspecified atom stereocenters. The zero-order valence-electron chi connectivity index (χ0n) is 8.74. The Morgan fingerprint density at radius 3 is 2.75 bits per heavy atom. The molecule has 0 saturated heterocycles. The van der Waals surface area contributed by atoms with Gasteiger partial charge in [0.2, 0.25) is 0 Å². The lowest BCUT2D eigenvalue weighted by Crippen LogP contribution is -1.99. The molecule has 5 heteroatoms. The monoisotopic (exact) mass is 284 g/mol. The van der Waals surface area contributed by atoms with Crippen LogP contribution in [0.2, 0.25) is 0 Å².